The van der Waals surface area contributed by atoms with E-state index >= 15 is 13.2 Å². The molecular formula is C41H38ClF4N11O4. The molecule has 0 atom stereocenters. The fraction of sp³-hybridized carbons (Fsp3) is 0.341. The lowest BCUT2D eigenvalue weighted by Gasteiger charge is -2.57. The summed E-state index contributed by atoms with van der Waals surface area (Å²) in [5.41, 5.74) is 2.56. The summed E-state index contributed by atoms with van der Waals surface area (Å²) >= 11 is 6.12. The van der Waals surface area contributed by atoms with Gasteiger partial charge in [-0.05, 0) is 48.2 Å². The molecule has 0 unspecified atom stereocenters. The van der Waals surface area contributed by atoms with Crippen LogP contribution in [0.2, 0.25) is 5.02 Å². The number of halogens is 5. The maximum atomic E-state index is 15.9. The Bertz CT molecular complexity index is 2670. The summed E-state index contributed by atoms with van der Waals surface area (Å²) in [5.74, 6) is -6.01. The normalized spacial score (nSPS) is 18.3. The number of nitrogens with zero attached hydrogens (tertiary/aromatic N) is 8. The monoisotopic (exact) mass is 859 g/mol. The highest BCUT2D eigenvalue weighted by Crippen LogP contribution is 2.51. The molecule has 2 aromatic carbocycles. The maximum Gasteiger partial charge on any atom is 0.328 e. The van der Waals surface area contributed by atoms with Crippen molar-refractivity contribution in [1.29, 1.82) is 0 Å². The van der Waals surface area contributed by atoms with Crippen LogP contribution in [0.25, 0.3) is 16.9 Å². The van der Waals surface area contributed by atoms with E-state index in [1.165, 1.54) is 29.9 Å². The summed E-state index contributed by atoms with van der Waals surface area (Å²) in [6.45, 7) is -0.286. The minimum Gasteiger partial charge on any atom is -0.385 e. The van der Waals surface area contributed by atoms with Crippen LogP contribution >= 0.6 is 11.6 Å². The van der Waals surface area contributed by atoms with Crippen molar-refractivity contribution in [1.82, 2.24) is 40.0 Å². The Morgan fingerprint density at radius 1 is 0.918 bits per heavy atom. The summed E-state index contributed by atoms with van der Waals surface area (Å²) in [5, 5.41) is 12.1. The Balaban J connectivity index is 0.870. The Morgan fingerprint density at radius 2 is 1.70 bits per heavy atom. The average molecular weight is 860 g/mol. The SMILES string of the molecule is CNC(=O)c1cnc2c(NC)cc(N3CCc4c(-c5ncc(CN6CC7(CCN(C(=O)c8cc(F)c(Cl)c(N9CCC(=O)NC9=O)c8)CC7(F)F)C6)cc5F)cccc43)nn12. The van der Waals surface area contributed by atoms with Gasteiger partial charge in [-0.25, -0.2) is 31.9 Å². The van der Waals surface area contributed by atoms with E-state index in [1.54, 1.807) is 24.2 Å². The predicted octanol–water partition coefficient (Wildman–Crippen LogP) is 5.25. The van der Waals surface area contributed by atoms with Gasteiger partial charge in [0, 0.05) is 88.9 Å². The number of rotatable bonds is 8. The number of imide groups is 1. The Labute approximate surface area is 350 Å². The molecule has 1 spiro atoms. The molecule has 0 radical (unpaired) electrons. The number of urea groups is 1. The Morgan fingerprint density at radius 3 is 2.43 bits per heavy atom. The molecule has 5 amide bonds. The van der Waals surface area contributed by atoms with E-state index in [0.717, 1.165) is 27.1 Å². The lowest BCUT2D eigenvalue weighted by molar-refractivity contribution is -0.220. The van der Waals surface area contributed by atoms with Gasteiger partial charge >= 0.3 is 6.03 Å². The molecule has 4 aliphatic heterocycles. The van der Waals surface area contributed by atoms with Gasteiger partial charge in [-0.1, -0.05) is 23.7 Å². The first-order valence-electron chi connectivity index (χ1n) is 19.5. The smallest absolute Gasteiger partial charge is 0.328 e. The third-order valence-corrected chi connectivity index (χ3v) is 12.4. The van der Waals surface area contributed by atoms with Crippen LogP contribution in [0.4, 0.5) is 45.2 Å². The first kappa shape index (κ1) is 40.1. The number of carbonyl (C=O) groups excluding carboxylic acids is 4. The van der Waals surface area contributed by atoms with Crippen LogP contribution in [0.1, 0.15) is 44.8 Å². The molecule has 3 N–H and O–H groups in total. The van der Waals surface area contributed by atoms with Gasteiger partial charge in [0.1, 0.15) is 22.4 Å². The quantitative estimate of drug-likeness (QED) is 0.176. The molecular weight excluding hydrogens is 822 g/mol. The molecule has 61 heavy (non-hydrogen) atoms. The number of likely N-dealkylation sites (tertiary alicyclic amines) is 2. The van der Waals surface area contributed by atoms with Crippen LogP contribution in [0.3, 0.4) is 0 Å². The molecule has 9 rings (SSSR count). The number of hydrogen-bond acceptors (Lipinski definition) is 10. The lowest BCUT2D eigenvalue weighted by atomic mass is 9.69. The van der Waals surface area contributed by atoms with E-state index in [-0.39, 0.29) is 74.1 Å². The number of nitrogens with one attached hydrogen (secondary N) is 3. The van der Waals surface area contributed by atoms with Gasteiger partial charge in [-0.3, -0.25) is 34.5 Å². The van der Waals surface area contributed by atoms with Crippen molar-refractivity contribution in [3.8, 4) is 11.3 Å². The van der Waals surface area contributed by atoms with E-state index < -0.39 is 52.4 Å². The number of pyridine rings is 1. The fourth-order valence-electron chi connectivity index (χ4n) is 8.84. The van der Waals surface area contributed by atoms with Gasteiger partial charge in [0.25, 0.3) is 17.7 Å². The molecule has 0 aliphatic carbocycles. The molecule has 3 aromatic heterocycles. The number of piperidine rings is 1. The molecule has 20 heteroatoms. The zero-order chi connectivity index (χ0) is 43.0. The first-order chi connectivity index (χ1) is 29.2. The highest BCUT2D eigenvalue weighted by atomic mass is 35.5. The number of hydrogen-bond donors (Lipinski definition) is 3. The summed E-state index contributed by atoms with van der Waals surface area (Å²) in [6, 6.07) is 9.93. The van der Waals surface area contributed by atoms with E-state index in [1.807, 2.05) is 23.1 Å². The molecule has 0 bridgehead atoms. The number of carbonyl (C=O) groups is 4. The number of benzene rings is 2. The van der Waals surface area contributed by atoms with Crippen molar-refractivity contribution in [3.05, 3.63) is 93.9 Å². The highest BCUT2D eigenvalue weighted by molar-refractivity contribution is 6.34. The maximum absolute atomic E-state index is 15.9. The van der Waals surface area contributed by atoms with Crippen molar-refractivity contribution in [2.24, 2.45) is 5.41 Å². The molecule has 7 heterocycles. The zero-order valence-electron chi connectivity index (χ0n) is 32.9. The molecule has 0 saturated carbocycles. The minimum atomic E-state index is -3.30. The van der Waals surface area contributed by atoms with Crippen molar-refractivity contribution in [2.75, 3.05) is 68.5 Å². The van der Waals surface area contributed by atoms with Crippen molar-refractivity contribution in [2.45, 2.75) is 31.7 Å². The summed E-state index contributed by atoms with van der Waals surface area (Å²) in [4.78, 5) is 64.7. The average Bonchev–Trinajstić information content (AvgIpc) is 3.86. The predicted molar refractivity (Wildman–Crippen MR) is 216 cm³/mol. The van der Waals surface area contributed by atoms with Crippen LogP contribution in [-0.4, -0.2) is 112 Å². The second-order valence-electron chi connectivity index (χ2n) is 15.7. The third-order valence-electron chi connectivity index (χ3n) is 12.0. The topological polar surface area (TPSA) is 160 Å². The third kappa shape index (κ3) is 6.75. The van der Waals surface area contributed by atoms with Gasteiger partial charge in [-0.15, -0.1) is 5.10 Å². The van der Waals surface area contributed by atoms with Gasteiger partial charge in [0.05, 0.1) is 29.5 Å². The van der Waals surface area contributed by atoms with Crippen molar-refractivity contribution < 1.29 is 36.7 Å². The highest BCUT2D eigenvalue weighted by Gasteiger charge is 2.62. The lowest BCUT2D eigenvalue weighted by Crippen LogP contribution is -2.70. The van der Waals surface area contributed by atoms with Crippen LogP contribution in [0, 0.1) is 17.0 Å². The standard InChI is InChI=1S/C41H38ClF4N11O4/c1-47-28-15-32(52-57-31(37(59)48-2)17-50-36(28)57)55-9-6-24-25(4-3-5-29(24)55)35-27(44)12-22(16-49-35)18-53-19-40(20-53)8-11-54(21-41(40,45)46)38(60)23-13-26(43)34(42)30(14-23)56-10-7-33(58)51-39(56)61/h3-5,12-17,47H,6-11,18-21H2,1-2H3,(H,48,59)(H,51,58,61). The molecule has 316 valence electrons. The number of fused-ring (bicyclic) bond motifs is 2. The number of anilines is 4. The Hall–Kier alpha value is -6.34. The largest absolute Gasteiger partial charge is 0.385 e. The van der Waals surface area contributed by atoms with E-state index in [4.69, 9.17) is 16.7 Å². The second kappa shape index (κ2) is 15.0. The number of amides is 5. The zero-order valence-corrected chi connectivity index (χ0v) is 33.6. The summed E-state index contributed by atoms with van der Waals surface area (Å²) in [6.07, 6.45) is 3.48. The summed E-state index contributed by atoms with van der Waals surface area (Å²) in [7, 11) is 3.28. The van der Waals surface area contributed by atoms with Crippen molar-refractivity contribution in [3.63, 3.8) is 0 Å². The van der Waals surface area contributed by atoms with E-state index in [2.05, 4.69) is 25.9 Å². The van der Waals surface area contributed by atoms with Crippen LogP contribution in [-0.2, 0) is 17.8 Å². The molecule has 15 nitrogen and oxygen atoms in total. The van der Waals surface area contributed by atoms with E-state index in [9.17, 15) is 23.6 Å². The summed E-state index contributed by atoms with van der Waals surface area (Å²) < 4.78 is 64.2. The number of aromatic nitrogens is 4. The second-order valence-corrected chi connectivity index (χ2v) is 16.0. The fourth-order valence-corrected chi connectivity index (χ4v) is 9.05. The van der Waals surface area contributed by atoms with Crippen LogP contribution < -0.4 is 25.8 Å². The van der Waals surface area contributed by atoms with Gasteiger partial charge in [0.15, 0.2) is 17.2 Å². The number of imidazole rings is 1. The molecule has 3 fully saturated rings. The van der Waals surface area contributed by atoms with Gasteiger partial charge < -0.3 is 20.4 Å². The van der Waals surface area contributed by atoms with Gasteiger partial charge in [-0.2, -0.15) is 0 Å². The van der Waals surface area contributed by atoms with E-state index in [0.29, 0.717) is 41.2 Å². The van der Waals surface area contributed by atoms with Gasteiger partial charge in [0.2, 0.25) is 5.91 Å². The van der Waals surface area contributed by atoms with Crippen molar-refractivity contribution >= 4 is 63.9 Å². The van der Waals surface area contributed by atoms with Crippen LogP contribution in [0.5, 0.6) is 0 Å². The first-order valence-corrected chi connectivity index (χ1v) is 19.9. The Kier molecular flexibility index (Phi) is 9.85. The molecule has 5 aromatic rings. The minimum absolute atomic E-state index is 0.00865. The van der Waals surface area contributed by atoms with Crippen LogP contribution in [0.15, 0.2) is 54.9 Å². The molecule has 4 aliphatic rings. The number of alkyl halides is 2. The molecule has 3 saturated heterocycles.